The summed E-state index contributed by atoms with van der Waals surface area (Å²) < 4.78 is 5.75. The Morgan fingerprint density at radius 2 is 1.84 bits per heavy atom. The second kappa shape index (κ2) is 10.8. The highest BCUT2D eigenvalue weighted by Gasteiger charge is 2.11. The predicted octanol–water partition coefficient (Wildman–Crippen LogP) is 5.90. The van der Waals surface area contributed by atoms with E-state index in [-0.39, 0.29) is 12.2 Å². The fourth-order valence-electron chi connectivity index (χ4n) is 2.97. The highest BCUT2D eigenvalue weighted by molar-refractivity contribution is 6.32. The van der Waals surface area contributed by atoms with Gasteiger partial charge in [-0.15, -0.1) is 0 Å². The van der Waals surface area contributed by atoms with Crippen LogP contribution < -0.4 is 10.1 Å². The van der Waals surface area contributed by atoms with E-state index in [9.17, 15) is 15.3 Å². The fourth-order valence-corrected chi connectivity index (χ4v) is 3.22. The quantitative estimate of drug-likeness (QED) is 0.365. The minimum atomic E-state index is -0.499. The van der Waals surface area contributed by atoms with Gasteiger partial charge in [0, 0.05) is 11.3 Å². The first-order valence-corrected chi connectivity index (χ1v) is 10.3. The molecular weight excluding hydrogens is 422 g/mol. The molecule has 0 aliphatic rings. The third-order valence-electron chi connectivity index (χ3n) is 4.77. The topological polar surface area (TPSA) is 85.9 Å². The molecule has 0 saturated heterocycles. The molecule has 0 saturated carbocycles. The van der Waals surface area contributed by atoms with E-state index in [4.69, 9.17) is 16.3 Å². The zero-order chi connectivity index (χ0) is 22.9. The number of carbonyl (C=O) groups is 1. The average Bonchev–Trinajstić information content (AvgIpc) is 2.82. The summed E-state index contributed by atoms with van der Waals surface area (Å²) in [5, 5.41) is 21.7. The zero-order valence-corrected chi connectivity index (χ0v) is 18.2. The molecule has 5 nitrogen and oxygen atoms in total. The summed E-state index contributed by atoms with van der Waals surface area (Å²) in [5.41, 5.74) is 3.62. The van der Waals surface area contributed by atoms with Gasteiger partial charge in [-0.1, -0.05) is 54.9 Å². The minimum absolute atomic E-state index is 0.0442. The van der Waals surface area contributed by atoms with Gasteiger partial charge in [0.05, 0.1) is 16.7 Å². The monoisotopic (exact) mass is 441 g/mol. The molecule has 0 fully saturated rings. The largest absolute Gasteiger partial charge is 0.487 e. The first-order valence-electron chi connectivity index (χ1n) is 9.96. The minimum Gasteiger partial charge on any atom is -0.487 e. The molecule has 0 bridgehead atoms. The van der Waals surface area contributed by atoms with Gasteiger partial charge in [0.2, 0.25) is 0 Å². The summed E-state index contributed by atoms with van der Waals surface area (Å²) in [5.74, 6) is -0.0585. The number of hydrogen-bond donors (Lipinski definition) is 1. The van der Waals surface area contributed by atoms with Crippen LogP contribution in [0.3, 0.4) is 0 Å². The van der Waals surface area contributed by atoms with Gasteiger partial charge in [0.1, 0.15) is 24.0 Å². The molecule has 0 atom stereocenters. The van der Waals surface area contributed by atoms with E-state index in [2.05, 4.69) is 18.3 Å². The summed E-state index contributed by atoms with van der Waals surface area (Å²) in [4.78, 5) is 12.5. The highest BCUT2D eigenvalue weighted by atomic mass is 35.5. The van der Waals surface area contributed by atoms with Crippen LogP contribution >= 0.6 is 11.6 Å². The van der Waals surface area contributed by atoms with Gasteiger partial charge in [0.15, 0.2) is 0 Å². The van der Waals surface area contributed by atoms with Crippen LogP contribution in [0.4, 0.5) is 5.69 Å². The van der Waals surface area contributed by atoms with Gasteiger partial charge >= 0.3 is 0 Å². The highest BCUT2D eigenvalue weighted by Crippen LogP contribution is 2.27. The van der Waals surface area contributed by atoms with E-state index in [0.717, 1.165) is 17.5 Å². The van der Waals surface area contributed by atoms with E-state index < -0.39 is 5.91 Å². The van der Waals surface area contributed by atoms with E-state index in [1.54, 1.807) is 42.5 Å². The molecule has 1 amide bonds. The van der Waals surface area contributed by atoms with Crippen molar-refractivity contribution in [3.8, 4) is 17.9 Å². The maximum atomic E-state index is 12.5. The zero-order valence-electron chi connectivity index (χ0n) is 17.4. The second-order valence-electron chi connectivity index (χ2n) is 6.92. The molecule has 3 aromatic rings. The van der Waals surface area contributed by atoms with E-state index in [1.165, 1.54) is 6.08 Å². The molecule has 3 rings (SSSR count). The molecule has 0 unspecified atom stereocenters. The molecule has 3 aromatic carbocycles. The van der Waals surface area contributed by atoms with Crippen LogP contribution in [-0.2, 0) is 17.8 Å². The number of hydrogen-bond acceptors (Lipinski definition) is 4. The maximum absolute atomic E-state index is 12.5. The Balaban J connectivity index is 1.71. The molecule has 0 spiro atoms. The van der Waals surface area contributed by atoms with Crippen molar-refractivity contribution in [1.29, 1.82) is 10.5 Å². The van der Waals surface area contributed by atoms with Crippen molar-refractivity contribution in [3.05, 3.63) is 99.6 Å². The number of nitriles is 2. The molecule has 6 heteroatoms. The van der Waals surface area contributed by atoms with Crippen molar-refractivity contribution in [2.75, 3.05) is 5.32 Å². The van der Waals surface area contributed by atoms with Crippen LogP contribution in [-0.4, -0.2) is 5.91 Å². The number of amides is 1. The first-order chi connectivity index (χ1) is 15.5. The van der Waals surface area contributed by atoms with Crippen LogP contribution in [0.5, 0.6) is 5.75 Å². The lowest BCUT2D eigenvalue weighted by atomic mass is 10.1. The van der Waals surface area contributed by atoms with E-state index in [0.29, 0.717) is 27.6 Å². The van der Waals surface area contributed by atoms with Gasteiger partial charge in [-0.05, 0) is 54.0 Å². The van der Waals surface area contributed by atoms with Crippen LogP contribution in [0.2, 0.25) is 5.02 Å². The number of nitrogens with zero attached hydrogens (tertiary/aromatic N) is 2. The van der Waals surface area contributed by atoms with E-state index in [1.807, 2.05) is 30.3 Å². The number of nitrogens with one attached hydrogen (secondary N) is 1. The summed E-state index contributed by atoms with van der Waals surface area (Å²) in [7, 11) is 0. The predicted molar refractivity (Wildman–Crippen MR) is 125 cm³/mol. The van der Waals surface area contributed by atoms with Gasteiger partial charge in [0.25, 0.3) is 5.91 Å². The normalized spacial score (nSPS) is 10.7. The molecule has 32 heavy (non-hydrogen) atoms. The van der Waals surface area contributed by atoms with Crippen molar-refractivity contribution in [2.24, 2.45) is 0 Å². The Hall–Kier alpha value is -4.06. The van der Waals surface area contributed by atoms with Crippen molar-refractivity contribution >= 4 is 29.3 Å². The summed E-state index contributed by atoms with van der Waals surface area (Å²) in [6.07, 6.45) is 2.37. The summed E-state index contributed by atoms with van der Waals surface area (Å²) >= 11 is 6.33. The number of halogens is 1. The standard InChI is InChI=1S/C26H20ClN3O2/c1-2-18-7-10-23(11-8-18)30-26(31)22(16-29)13-19-9-12-25(24(27)14-19)32-17-21-6-4-3-5-20(21)15-28/h3-14H,2,17H2,1H3,(H,30,31)/b22-13+. The number of carbonyl (C=O) groups excluding carboxylic acids is 1. The lowest BCUT2D eigenvalue weighted by Gasteiger charge is -2.10. The van der Waals surface area contributed by atoms with Crippen molar-refractivity contribution in [3.63, 3.8) is 0 Å². The SMILES string of the molecule is CCc1ccc(NC(=O)/C(C#N)=C/c2ccc(OCc3ccccc3C#N)c(Cl)c2)cc1. The Bertz CT molecular complexity index is 1240. The Morgan fingerprint density at radius 3 is 2.50 bits per heavy atom. The smallest absolute Gasteiger partial charge is 0.266 e. The Kier molecular flexibility index (Phi) is 7.65. The van der Waals surface area contributed by atoms with E-state index >= 15 is 0 Å². The molecule has 0 aromatic heterocycles. The van der Waals surface area contributed by atoms with Gasteiger partial charge in [-0.3, -0.25) is 4.79 Å². The molecule has 0 aliphatic carbocycles. The molecular formula is C26H20ClN3O2. The second-order valence-corrected chi connectivity index (χ2v) is 7.33. The fraction of sp³-hybridized carbons (Fsp3) is 0.115. The van der Waals surface area contributed by atoms with Crippen LogP contribution in [0.15, 0.2) is 72.3 Å². The van der Waals surface area contributed by atoms with Gasteiger partial charge in [-0.25, -0.2) is 0 Å². The molecule has 1 N–H and O–H groups in total. The molecule has 158 valence electrons. The third kappa shape index (κ3) is 5.76. The van der Waals surface area contributed by atoms with Crippen molar-refractivity contribution in [2.45, 2.75) is 20.0 Å². The number of benzene rings is 3. The van der Waals surface area contributed by atoms with Crippen LogP contribution in [0, 0.1) is 22.7 Å². The Labute approximate surface area is 192 Å². The molecule has 0 radical (unpaired) electrons. The number of aryl methyl sites for hydroxylation is 1. The lowest BCUT2D eigenvalue weighted by molar-refractivity contribution is -0.112. The Morgan fingerprint density at radius 1 is 1.09 bits per heavy atom. The third-order valence-corrected chi connectivity index (χ3v) is 5.07. The average molecular weight is 442 g/mol. The summed E-state index contributed by atoms with van der Waals surface area (Å²) in [6, 6.07) is 23.7. The number of rotatable bonds is 7. The van der Waals surface area contributed by atoms with Gasteiger partial charge in [-0.2, -0.15) is 10.5 Å². The number of anilines is 1. The van der Waals surface area contributed by atoms with Crippen LogP contribution in [0.1, 0.15) is 29.2 Å². The maximum Gasteiger partial charge on any atom is 0.266 e. The summed E-state index contributed by atoms with van der Waals surface area (Å²) in [6.45, 7) is 2.25. The van der Waals surface area contributed by atoms with Gasteiger partial charge < -0.3 is 10.1 Å². The van der Waals surface area contributed by atoms with Crippen molar-refractivity contribution in [1.82, 2.24) is 0 Å². The number of ether oxygens (including phenoxy) is 1. The van der Waals surface area contributed by atoms with Crippen LogP contribution in [0.25, 0.3) is 6.08 Å². The van der Waals surface area contributed by atoms with Crippen molar-refractivity contribution < 1.29 is 9.53 Å². The first kappa shape index (κ1) is 22.6. The lowest BCUT2D eigenvalue weighted by Crippen LogP contribution is -2.13. The molecule has 0 aliphatic heterocycles. The molecule has 0 heterocycles.